The van der Waals surface area contributed by atoms with Crippen molar-refractivity contribution in [3.8, 4) is 0 Å². The number of para-hydroxylation sites is 2. The van der Waals surface area contributed by atoms with E-state index in [1.165, 1.54) is 25.1 Å². The summed E-state index contributed by atoms with van der Waals surface area (Å²) in [6, 6.07) is 8.19. The van der Waals surface area contributed by atoms with E-state index in [4.69, 9.17) is 5.73 Å². The number of hydrogen-bond acceptors (Lipinski definition) is 3. The van der Waals surface area contributed by atoms with Crippen molar-refractivity contribution in [1.82, 2.24) is 4.90 Å². The van der Waals surface area contributed by atoms with Gasteiger partial charge in [0, 0.05) is 32.7 Å². The van der Waals surface area contributed by atoms with Gasteiger partial charge in [-0.1, -0.05) is 32.4 Å². The number of nitrogens with two attached hydrogens (primary N) is 1. The molecule has 1 aliphatic heterocycles. The molecule has 1 atom stereocenters. The molecule has 0 amide bonds. The second-order valence-corrected chi connectivity index (χ2v) is 5.74. The molecule has 2 rings (SSSR count). The van der Waals surface area contributed by atoms with Crippen molar-refractivity contribution >= 4 is 11.4 Å². The van der Waals surface area contributed by atoms with Crippen molar-refractivity contribution in [2.75, 3.05) is 43.4 Å². The van der Waals surface area contributed by atoms with Crippen LogP contribution in [0.1, 0.15) is 26.7 Å². The topological polar surface area (TPSA) is 32.5 Å². The highest BCUT2D eigenvalue weighted by Gasteiger charge is 2.19. The first-order valence-electron chi connectivity index (χ1n) is 7.52. The average Bonchev–Trinajstić information content (AvgIpc) is 2.41. The Kier molecular flexibility index (Phi) is 5.08. The SMILES string of the molecule is CCCC(C)CN1CCN(c2ccccc2N)CC1. The van der Waals surface area contributed by atoms with Crippen LogP contribution in [-0.2, 0) is 0 Å². The van der Waals surface area contributed by atoms with Crippen LogP contribution in [0.15, 0.2) is 24.3 Å². The van der Waals surface area contributed by atoms with Crippen molar-refractivity contribution in [2.45, 2.75) is 26.7 Å². The Labute approximate surface area is 117 Å². The number of rotatable bonds is 5. The van der Waals surface area contributed by atoms with E-state index in [0.717, 1.165) is 37.8 Å². The van der Waals surface area contributed by atoms with E-state index in [0.29, 0.717) is 0 Å². The maximum absolute atomic E-state index is 6.05. The Morgan fingerprint density at radius 2 is 1.84 bits per heavy atom. The van der Waals surface area contributed by atoms with Gasteiger partial charge in [0.2, 0.25) is 0 Å². The summed E-state index contributed by atoms with van der Waals surface area (Å²) in [5, 5.41) is 0. The zero-order valence-electron chi connectivity index (χ0n) is 12.3. The fraction of sp³-hybridized carbons (Fsp3) is 0.625. The third kappa shape index (κ3) is 3.87. The van der Waals surface area contributed by atoms with Gasteiger partial charge in [-0.3, -0.25) is 4.90 Å². The highest BCUT2D eigenvalue weighted by Crippen LogP contribution is 2.23. The van der Waals surface area contributed by atoms with Crippen molar-refractivity contribution in [3.63, 3.8) is 0 Å². The molecule has 1 fully saturated rings. The lowest BCUT2D eigenvalue weighted by molar-refractivity contribution is 0.220. The molecule has 0 bridgehead atoms. The predicted octanol–water partition coefficient (Wildman–Crippen LogP) is 2.83. The predicted molar refractivity (Wildman–Crippen MR) is 83.6 cm³/mol. The van der Waals surface area contributed by atoms with Crippen LogP contribution >= 0.6 is 0 Å². The quantitative estimate of drug-likeness (QED) is 0.827. The minimum atomic E-state index is 0.818. The first-order valence-corrected chi connectivity index (χ1v) is 7.52. The summed E-state index contributed by atoms with van der Waals surface area (Å²) >= 11 is 0. The second kappa shape index (κ2) is 6.80. The third-order valence-corrected chi connectivity index (χ3v) is 4.00. The maximum Gasteiger partial charge on any atom is 0.0600 e. The zero-order chi connectivity index (χ0) is 13.7. The summed E-state index contributed by atoms with van der Waals surface area (Å²) in [5.41, 5.74) is 8.15. The molecule has 106 valence electrons. The van der Waals surface area contributed by atoms with E-state index >= 15 is 0 Å². The normalized spacial score (nSPS) is 18.5. The monoisotopic (exact) mass is 261 g/mol. The van der Waals surface area contributed by atoms with E-state index in [1.807, 2.05) is 12.1 Å². The lowest BCUT2D eigenvalue weighted by Gasteiger charge is -2.37. The Bertz CT molecular complexity index is 383. The summed E-state index contributed by atoms with van der Waals surface area (Å²) in [6.07, 6.45) is 2.63. The summed E-state index contributed by atoms with van der Waals surface area (Å²) in [5.74, 6) is 0.818. The van der Waals surface area contributed by atoms with Crippen LogP contribution in [0, 0.1) is 5.92 Å². The number of anilines is 2. The highest BCUT2D eigenvalue weighted by molar-refractivity contribution is 5.67. The molecule has 0 aliphatic carbocycles. The van der Waals surface area contributed by atoms with Gasteiger partial charge in [0.25, 0.3) is 0 Å². The van der Waals surface area contributed by atoms with Crippen LogP contribution in [0.4, 0.5) is 11.4 Å². The van der Waals surface area contributed by atoms with Gasteiger partial charge in [-0.05, 0) is 24.5 Å². The molecule has 3 nitrogen and oxygen atoms in total. The van der Waals surface area contributed by atoms with Crippen LogP contribution in [0.2, 0.25) is 0 Å². The fourth-order valence-electron chi connectivity index (χ4n) is 2.97. The Morgan fingerprint density at radius 3 is 2.47 bits per heavy atom. The van der Waals surface area contributed by atoms with E-state index in [1.54, 1.807) is 0 Å². The first-order chi connectivity index (χ1) is 9.20. The molecular formula is C16H27N3. The van der Waals surface area contributed by atoms with Crippen molar-refractivity contribution in [2.24, 2.45) is 5.92 Å². The lowest BCUT2D eigenvalue weighted by Crippen LogP contribution is -2.47. The lowest BCUT2D eigenvalue weighted by atomic mass is 10.1. The van der Waals surface area contributed by atoms with Gasteiger partial charge in [-0.15, -0.1) is 0 Å². The molecule has 1 aromatic carbocycles. The number of nitrogens with zero attached hydrogens (tertiary/aromatic N) is 2. The van der Waals surface area contributed by atoms with E-state index in [2.05, 4.69) is 35.8 Å². The molecule has 1 heterocycles. The molecule has 1 saturated heterocycles. The summed E-state index contributed by atoms with van der Waals surface area (Å²) < 4.78 is 0. The molecular weight excluding hydrogens is 234 g/mol. The molecule has 0 saturated carbocycles. The second-order valence-electron chi connectivity index (χ2n) is 5.74. The third-order valence-electron chi connectivity index (χ3n) is 4.00. The molecule has 19 heavy (non-hydrogen) atoms. The van der Waals surface area contributed by atoms with Gasteiger partial charge in [-0.25, -0.2) is 0 Å². The molecule has 0 radical (unpaired) electrons. The Balaban J connectivity index is 1.84. The largest absolute Gasteiger partial charge is 0.397 e. The minimum absolute atomic E-state index is 0.818. The number of benzene rings is 1. The molecule has 1 aromatic rings. The van der Waals surface area contributed by atoms with Gasteiger partial charge < -0.3 is 10.6 Å². The molecule has 1 aliphatic rings. The molecule has 0 spiro atoms. The number of nitrogen functional groups attached to an aromatic ring is 1. The molecule has 3 heteroatoms. The molecule has 0 aromatic heterocycles. The van der Waals surface area contributed by atoms with Crippen molar-refractivity contribution in [3.05, 3.63) is 24.3 Å². The van der Waals surface area contributed by atoms with Crippen LogP contribution in [0.5, 0.6) is 0 Å². The number of hydrogen-bond donors (Lipinski definition) is 1. The van der Waals surface area contributed by atoms with Gasteiger partial charge in [0.05, 0.1) is 11.4 Å². The van der Waals surface area contributed by atoms with Gasteiger partial charge in [0.1, 0.15) is 0 Å². The highest BCUT2D eigenvalue weighted by atomic mass is 15.3. The first kappa shape index (κ1) is 14.2. The number of piperazine rings is 1. The van der Waals surface area contributed by atoms with Crippen LogP contribution < -0.4 is 10.6 Å². The van der Waals surface area contributed by atoms with Crippen molar-refractivity contribution < 1.29 is 0 Å². The molecule has 2 N–H and O–H groups in total. The van der Waals surface area contributed by atoms with Crippen LogP contribution in [0.25, 0.3) is 0 Å². The summed E-state index contributed by atoms with van der Waals surface area (Å²) in [7, 11) is 0. The summed E-state index contributed by atoms with van der Waals surface area (Å²) in [6.45, 7) is 10.4. The minimum Gasteiger partial charge on any atom is -0.397 e. The van der Waals surface area contributed by atoms with E-state index < -0.39 is 0 Å². The Hall–Kier alpha value is -1.22. The Morgan fingerprint density at radius 1 is 1.16 bits per heavy atom. The standard InChI is InChI=1S/C16H27N3/c1-3-6-14(2)13-18-9-11-19(12-10-18)16-8-5-4-7-15(16)17/h4-5,7-8,14H,3,6,9-13,17H2,1-2H3. The van der Waals surface area contributed by atoms with Crippen molar-refractivity contribution in [1.29, 1.82) is 0 Å². The molecule has 1 unspecified atom stereocenters. The smallest absolute Gasteiger partial charge is 0.0600 e. The van der Waals surface area contributed by atoms with Crippen LogP contribution in [0.3, 0.4) is 0 Å². The summed E-state index contributed by atoms with van der Waals surface area (Å²) in [4.78, 5) is 5.01. The zero-order valence-corrected chi connectivity index (χ0v) is 12.3. The van der Waals surface area contributed by atoms with Gasteiger partial charge >= 0.3 is 0 Å². The maximum atomic E-state index is 6.05. The van der Waals surface area contributed by atoms with Gasteiger partial charge in [0.15, 0.2) is 0 Å². The van der Waals surface area contributed by atoms with Crippen LogP contribution in [-0.4, -0.2) is 37.6 Å². The van der Waals surface area contributed by atoms with Gasteiger partial charge in [-0.2, -0.15) is 0 Å². The average molecular weight is 261 g/mol. The fourth-order valence-corrected chi connectivity index (χ4v) is 2.97. The van der Waals surface area contributed by atoms with E-state index in [9.17, 15) is 0 Å². The van der Waals surface area contributed by atoms with E-state index in [-0.39, 0.29) is 0 Å².